The fraction of sp³-hybridized carbons (Fsp3) is 0.467. The van der Waals surface area contributed by atoms with E-state index in [-0.39, 0.29) is 11.8 Å². The van der Waals surface area contributed by atoms with Crippen molar-refractivity contribution in [1.29, 1.82) is 0 Å². The molecule has 0 aromatic heterocycles. The van der Waals surface area contributed by atoms with Crippen LogP contribution in [0.1, 0.15) is 28.4 Å². The van der Waals surface area contributed by atoms with Gasteiger partial charge in [-0.3, -0.25) is 9.59 Å². The van der Waals surface area contributed by atoms with Gasteiger partial charge in [-0.05, 0) is 37.1 Å². The van der Waals surface area contributed by atoms with Crippen molar-refractivity contribution in [2.24, 2.45) is 0 Å². The van der Waals surface area contributed by atoms with Crippen LogP contribution in [0.4, 0.5) is 0 Å². The van der Waals surface area contributed by atoms with Crippen molar-refractivity contribution in [3.8, 4) is 0 Å². The molecular weight excluding hydrogens is 254 g/mol. The predicted molar refractivity (Wildman–Crippen MR) is 75.4 cm³/mol. The van der Waals surface area contributed by atoms with Gasteiger partial charge in [-0.1, -0.05) is 12.1 Å². The van der Waals surface area contributed by atoms with E-state index in [0.717, 1.165) is 30.6 Å². The van der Waals surface area contributed by atoms with E-state index in [4.69, 9.17) is 0 Å². The van der Waals surface area contributed by atoms with Crippen molar-refractivity contribution in [3.63, 3.8) is 0 Å². The lowest BCUT2D eigenvalue weighted by Gasteiger charge is -2.33. The van der Waals surface area contributed by atoms with E-state index >= 15 is 0 Å². The highest BCUT2D eigenvalue weighted by atomic mass is 16.2. The predicted octanol–water partition coefficient (Wildman–Crippen LogP) is 0.293. The summed E-state index contributed by atoms with van der Waals surface area (Å²) in [4.78, 5) is 26.1. The number of fused-ring (bicyclic) bond motifs is 1. The smallest absolute Gasteiger partial charge is 0.254 e. The summed E-state index contributed by atoms with van der Waals surface area (Å²) >= 11 is 0. The van der Waals surface area contributed by atoms with E-state index in [2.05, 4.69) is 16.7 Å². The highest BCUT2D eigenvalue weighted by Crippen LogP contribution is 2.21. The number of rotatable bonds is 1. The molecule has 106 valence electrons. The molecule has 1 aromatic carbocycles. The lowest BCUT2D eigenvalue weighted by molar-refractivity contribution is -0.127. The molecule has 1 saturated heterocycles. The van der Waals surface area contributed by atoms with Crippen molar-refractivity contribution in [2.45, 2.75) is 25.9 Å². The Bertz CT molecular complexity index is 556. The molecule has 3 rings (SSSR count). The summed E-state index contributed by atoms with van der Waals surface area (Å²) in [5.41, 5.74) is 3.08. The first-order valence-electron chi connectivity index (χ1n) is 7.08. The monoisotopic (exact) mass is 273 g/mol. The standard InChI is InChI=1S/C15H19N3O2/c1-10-14(19)17-7-8-18(10)15(20)13-4-2-3-11-9-16-6-5-12(11)13/h2-4,10,16H,5-9H2,1H3,(H,17,19). The van der Waals surface area contributed by atoms with Gasteiger partial charge >= 0.3 is 0 Å². The molecule has 2 N–H and O–H groups in total. The molecule has 0 saturated carbocycles. The summed E-state index contributed by atoms with van der Waals surface area (Å²) in [7, 11) is 0. The van der Waals surface area contributed by atoms with Gasteiger partial charge in [0, 0.05) is 25.2 Å². The average Bonchev–Trinajstić information content (AvgIpc) is 2.49. The maximum absolute atomic E-state index is 12.8. The van der Waals surface area contributed by atoms with Crippen LogP contribution in [0.15, 0.2) is 18.2 Å². The van der Waals surface area contributed by atoms with E-state index in [1.165, 1.54) is 5.56 Å². The number of nitrogens with one attached hydrogen (secondary N) is 2. The molecule has 20 heavy (non-hydrogen) atoms. The summed E-state index contributed by atoms with van der Waals surface area (Å²) < 4.78 is 0. The summed E-state index contributed by atoms with van der Waals surface area (Å²) in [5.74, 6) is -0.0952. The highest BCUT2D eigenvalue weighted by molar-refractivity contribution is 5.99. The molecule has 0 aliphatic carbocycles. The van der Waals surface area contributed by atoms with E-state index in [1.807, 2.05) is 12.1 Å². The first-order chi connectivity index (χ1) is 9.68. The van der Waals surface area contributed by atoms with Gasteiger partial charge in [-0.25, -0.2) is 0 Å². The molecule has 2 aliphatic rings. The molecule has 2 amide bonds. The largest absolute Gasteiger partial charge is 0.353 e. The zero-order chi connectivity index (χ0) is 14.1. The third kappa shape index (κ3) is 2.18. The van der Waals surface area contributed by atoms with Crippen molar-refractivity contribution in [2.75, 3.05) is 19.6 Å². The Hall–Kier alpha value is -1.88. The molecular formula is C15H19N3O2. The Morgan fingerprint density at radius 1 is 1.35 bits per heavy atom. The topological polar surface area (TPSA) is 61.4 Å². The molecule has 1 atom stereocenters. The number of hydrogen-bond donors (Lipinski definition) is 2. The lowest BCUT2D eigenvalue weighted by Crippen LogP contribution is -2.56. The normalized spacial score (nSPS) is 22.1. The van der Waals surface area contributed by atoms with Crippen molar-refractivity contribution >= 4 is 11.8 Å². The minimum atomic E-state index is -0.395. The zero-order valence-corrected chi connectivity index (χ0v) is 11.6. The van der Waals surface area contributed by atoms with E-state index in [0.29, 0.717) is 13.1 Å². The SMILES string of the molecule is CC1C(=O)NCCN1C(=O)c1cccc2c1CCNC2. The molecule has 1 fully saturated rings. The fourth-order valence-corrected chi connectivity index (χ4v) is 2.95. The maximum atomic E-state index is 12.8. The number of hydrogen-bond acceptors (Lipinski definition) is 3. The summed E-state index contributed by atoms with van der Waals surface area (Å²) in [6.45, 7) is 4.60. The van der Waals surface area contributed by atoms with Crippen LogP contribution in [-0.2, 0) is 17.8 Å². The number of benzene rings is 1. The first kappa shape index (κ1) is 13.1. The molecule has 1 aromatic rings. The third-order valence-corrected chi connectivity index (χ3v) is 4.13. The minimum Gasteiger partial charge on any atom is -0.353 e. The lowest BCUT2D eigenvalue weighted by atomic mass is 9.94. The Morgan fingerprint density at radius 3 is 3.05 bits per heavy atom. The van der Waals surface area contributed by atoms with E-state index in [9.17, 15) is 9.59 Å². The fourth-order valence-electron chi connectivity index (χ4n) is 2.95. The van der Waals surface area contributed by atoms with Crippen LogP contribution < -0.4 is 10.6 Å². The molecule has 5 nitrogen and oxygen atoms in total. The van der Waals surface area contributed by atoms with Crippen molar-refractivity contribution < 1.29 is 9.59 Å². The second-order valence-corrected chi connectivity index (χ2v) is 5.34. The Kier molecular flexibility index (Phi) is 3.44. The Morgan fingerprint density at radius 2 is 2.20 bits per heavy atom. The Labute approximate surface area is 118 Å². The number of amides is 2. The summed E-state index contributed by atoms with van der Waals surface area (Å²) in [6, 6.07) is 5.47. The first-order valence-corrected chi connectivity index (χ1v) is 7.08. The molecule has 5 heteroatoms. The highest BCUT2D eigenvalue weighted by Gasteiger charge is 2.31. The molecule has 0 bridgehead atoms. The average molecular weight is 273 g/mol. The van der Waals surface area contributed by atoms with Crippen LogP contribution in [-0.4, -0.2) is 42.4 Å². The number of carbonyl (C=O) groups excluding carboxylic acids is 2. The van der Waals surface area contributed by atoms with Crippen LogP contribution in [0, 0.1) is 0 Å². The molecule has 2 aliphatic heterocycles. The zero-order valence-electron chi connectivity index (χ0n) is 11.6. The quantitative estimate of drug-likeness (QED) is 0.773. The van der Waals surface area contributed by atoms with Crippen LogP contribution >= 0.6 is 0 Å². The van der Waals surface area contributed by atoms with Gasteiger partial charge in [-0.15, -0.1) is 0 Å². The molecule has 0 spiro atoms. The third-order valence-electron chi connectivity index (χ3n) is 4.13. The van der Waals surface area contributed by atoms with Gasteiger partial charge in [0.1, 0.15) is 6.04 Å². The van der Waals surface area contributed by atoms with Gasteiger partial charge < -0.3 is 15.5 Å². The minimum absolute atomic E-state index is 0.0221. The van der Waals surface area contributed by atoms with Crippen molar-refractivity contribution in [1.82, 2.24) is 15.5 Å². The van der Waals surface area contributed by atoms with Crippen LogP contribution in [0.3, 0.4) is 0 Å². The Balaban J connectivity index is 1.92. The van der Waals surface area contributed by atoms with Gasteiger partial charge in [-0.2, -0.15) is 0 Å². The van der Waals surface area contributed by atoms with E-state index in [1.54, 1.807) is 11.8 Å². The number of piperazine rings is 1. The van der Waals surface area contributed by atoms with Gasteiger partial charge in [0.25, 0.3) is 5.91 Å². The van der Waals surface area contributed by atoms with E-state index < -0.39 is 6.04 Å². The second-order valence-electron chi connectivity index (χ2n) is 5.34. The maximum Gasteiger partial charge on any atom is 0.254 e. The molecule has 1 unspecified atom stereocenters. The van der Waals surface area contributed by atoms with Crippen LogP contribution in [0.5, 0.6) is 0 Å². The molecule has 0 radical (unpaired) electrons. The van der Waals surface area contributed by atoms with Crippen LogP contribution in [0.2, 0.25) is 0 Å². The van der Waals surface area contributed by atoms with Gasteiger partial charge in [0.05, 0.1) is 0 Å². The summed E-state index contributed by atoms with van der Waals surface area (Å²) in [5, 5.41) is 6.10. The molecule has 2 heterocycles. The summed E-state index contributed by atoms with van der Waals surface area (Å²) in [6.07, 6.45) is 0.867. The number of nitrogens with zero attached hydrogens (tertiary/aromatic N) is 1. The van der Waals surface area contributed by atoms with Crippen LogP contribution in [0.25, 0.3) is 0 Å². The van der Waals surface area contributed by atoms with Gasteiger partial charge in [0.2, 0.25) is 5.91 Å². The second kappa shape index (κ2) is 5.25. The number of carbonyl (C=O) groups is 2. The van der Waals surface area contributed by atoms with Gasteiger partial charge in [0.15, 0.2) is 0 Å². The van der Waals surface area contributed by atoms with Crippen molar-refractivity contribution in [3.05, 3.63) is 34.9 Å².